The third kappa shape index (κ3) is 5.27. The van der Waals surface area contributed by atoms with Crippen molar-refractivity contribution in [3.05, 3.63) is 80.8 Å². The highest BCUT2D eigenvalue weighted by atomic mass is 35.5. The number of aromatic nitrogens is 4. The Kier molecular flexibility index (Phi) is 7.19. The topological polar surface area (TPSA) is 110 Å². The highest BCUT2D eigenvalue weighted by Crippen LogP contribution is 2.36. The minimum Gasteiger partial charge on any atom is -0.494 e. The Bertz CT molecular complexity index is 1590. The average molecular weight is 575 g/mol. The number of rotatable bonds is 6. The molecule has 5 rings (SSSR count). The molecule has 1 aliphatic rings. The van der Waals surface area contributed by atoms with E-state index in [4.69, 9.17) is 16.3 Å². The van der Waals surface area contributed by atoms with E-state index in [1.807, 2.05) is 0 Å². The van der Waals surface area contributed by atoms with Crippen LogP contribution in [0.15, 0.2) is 36.8 Å². The van der Waals surface area contributed by atoms with Gasteiger partial charge in [-0.1, -0.05) is 22.9 Å². The first-order valence-corrected chi connectivity index (χ1v) is 12.5. The van der Waals surface area contributed by atoms with Gasteiger partial charge < -0.3 is 9.64 Å². The fourth-order valence-electron chi connectivity index (χ4n) is 4.04. The lowest BCUT2D eigenvalue weighted by molar-refractivity contribution is 0.0738. The molecule has 2 amide bonds. The molecule has 0 unspecified atom stereocenters. The highest BCUT2D eigenvalue weighted by Gasteiger charge is 2.31. The minimum atomic E-state index is -2.90. The van der Waals surface area contributed by atoms with Crippen molar-refractivity contribution in [3.8, 4) is 16.9 Å². The summed E-state index contributed by atoms with van der Waals surface area (Å²) < 4.78 is 45.2. The molecular weight excluding hydrogens is 557 g/mol. The first kappa shape index (κ1) is 26.5. The summed E-state index contributed by atoms with van der Waals surface area (Å²) in [7, 11) is 1.48. The van der Waals surface area contributed by atoms with Gasteiger partial charge in [0.15, 0.2) is 16.6 Å². The van der Waals surface area contributed by atoms with E-state index < -0.39 is 35.3 Å². The van der Waals surface area contributed by atoms with Crippen LogP contribution in [-0.4, -0.2) is 43.8 Å². The number of methoxy groups -OCH3 is 1. The minimum absolute atomic E-state index is 0.0440. The van der Waals surface area contributed by atoms with Crippen LogP contribution in [0.25, 0.3) is 11.1 Å². The van der Waals surface area contributed by atoms with Crippen LogP contribution in [0.3, 0.4) is 0 Å². The summed E-state index contributed by atoms with van der Waals surface area (Å²) in [6.07, 6.45) is 0.782. The molecule has 1 aliphatic heterocycles. The Hall–Kier alpha value is -4.10. The van der Waals surface area contributed by atoms with Gasteiger partial charge in [0.2, 0.25) is 0 Å². The quantitative estimate of drug-likeness (QED) is 0.305. The third-order valence-corrected chi connectivity index (χ3v) is 7.11. The summed E-state index contributed by atoms with van der Waals surface area (Å²) >= 11 is 7.26. The lowest BCUT2D eigenvalue weighted by atomic mass is 10.0. The smallest absolute Gasteiger partial charge is 0.276 e. The van der Waals surface area contributed by atoms with E-state index in [1.165, 1.54) is 24.4 Å². The molecule has 0 aliphatic carbocycles. The van der Waals surface area contributed by atoms with Crippen LogP contribution < -0.4 is 10.1 Å². The van der Waals surface area contributed by atoms with Gasteiger partial charge in [0.1, 0.15) is 10.9 Å². The van der Waals surface area contributed by atoms with Crippen LogP contribution in [-0.2, 0) is 13.1 Å². The number of fused-ring (bicyclic) bond motifs is 1. The predicted octanol–water partition coefficient (Wildman–Crippen LogP) is 5.45. The van der Waals surface area contributed by atoms with Crippen molar-refractivity contribution in [2.24, 2.45) is 0 Å². The molecule has 39 heavy (non-hydrogen) atoms. The standard InChI is InChI=1S/C25H18ClF3N6O3S/c1-11-3-13(14-5-20(26)31-8-18(14)38-2)15(7-30-11)23(36)34-25-33-17-9-35(10-19(17)39-25)24(37)21-16(27)4-12(6-32-21)22(28)29/h3-8,22H,9-10H2,1-2H3,(H,33,34,36). The van der Waals surface area contributed by atoms with Crippen LogP contribution in [0.5, 0.6) is 5.75 Å². The first-order valence-electron chi connectivity index (χ1n) is 11.3. The molecule has 0 fully saturated rings. The molecule has 4 aromatic heterocycles. The van der Waals surface area contributed by atoms with Crippen LogP contribution in [0.4, 0.5) is 18.3 Å². The fraction of sp³-hybridized carbons (Fsp3) is 0.200. The van der Waals surface area contributed by atoms with Crippen molar-refractivity contribution in [1.29, 1.82) is 0 Å². The van der Waals surface area contributed by atoms with Crippen LogP contribution >= 0.6 is 22.9 Å². The fourth-order valence-corrected chi connectivity index (χ4v) is 5.17. The molecule has 200 valence electrons. The van der Waals surface area contributed by atoms with Crippen molar-refractivity contribution in [2.75, 3.05) is 12.4 Å². The molecule has 1 N–H and O–H groups in total. The van der Waals surface area contributed by atoms with Crippen molar-refractivity contribution >= 4 is 39.9 Å². The monoisotopic (exact) mass is 574 g/mol. The zero-order valence-electron chi connectivity index (χ0n) is 20.3. The van der Waals surface area contributed by atoms with Gasteiger partial charge in [-0.15, -0.1) is 0 Å². The molecule has 0 atom stereocenters. The van der Waals surface area contributed by atoms with Gasteiger partial charge in [0.25, 0.3) is 18.2 Å². The number of carbonyl (C=O) groups is 2. The Morgan fingerprint density at radius 3 is 2.59 bits per heavy atom. The zero-order valence-corrected chi connectivity index (χ0v) is 21.9. The van der Waals surface area contributed by atoms with Crippen molar-refractivity contribution in [1.82, 2.24) is 24.8 Å². The maximum absolute atomic E-state index is 14.3. The molecule has 14 heteroatoms. The largest absolute Gasteiger partial charge is 0.494 e. The summed E-state index contributed by atoms with van der Waals surface area (Å²) in [6, 6.07) is 3.93. The molecule has 9 nitrogen and oxygen atoms in total. The molecule has 5 heterocycles. The third-order valence-electron chi connectivity index (χ3n) is 5.91. The van der Waals surface area contributed by atoms with Gasteiger partial charge in [-0.25, -0.2) is 28.1 Å². The summed E-state index contributed by atoms with van der Waals surface area (Å²) in [5.41, 5.74) is 1.39. The Morgan fingerprint density at radius 1 is 1.10 bits per heavy atom. The summed E-state index contributed by atoms with van der Waals surface area (Å²) in [6.45, 7) is 1.93. The van der Waals surface area contributed by atoms with Crippen LogP contribution in [0.2, 0.25) is 5.15 Å². The van der Waals surface area contributed by atoms with E-state index in [1.54, 1.807) is 19.1 Å². The number of carbonyl (C=O) groups excluding carboxylic acids is 2. The average Bonchev–Trinajstić information content (AvgIpc) is 3.47. The number of amides is 2. The highest BCUT2D eigenvalue weighted by molar-refractivity contribution is 7.16. The van der Waals surface area contributed by atoms with E-state index in [-0.39, 0.29) is 23.8 Å². The van der Waals surface area contributed by atoms with Gasteiger partial charge in [0.05, 0.1) is 42.5 Å². The zero-order chi connectivity index (χ0) is 27.8. The van der Waals surface area contributed by atoms with E-state index in [2.05, 4.69) is 25.3 Å². The number of thiazole rings is 1. The molecule has 0 spiro atoms. The lowest BCUT2D eigenvalue weighted by Gasteiger charge is -2.15. The number of ether oxygens (including phenoxy) is 1. The van der Waals surface area contributed by atoms with Crippen LogP contribution in [0, 0.1) is 12.7 Å². The maximum Gasteiger partial charge on any atom is 0.276 e. The lowest BCUT2D eigenvalue weighted by Crippen LogP contribution is -2.27. The Balaban J connectivity index is 1.34. The number of nitrogens with zero attached hydrogens (tertiary/aromatic N) is 5. The number of pyridine rings is 3. The SMILES string of the molecule is COc1cnc(Cl)cc1-c1cc(C)ncc1C(=O)Nc1nc2c(s1)CN(C(=O)c1ncc(C(F)F)cc1F)C2. The summed E-state index contributed by atoms with van der Waals surface area (Å²) in [4.78, 5) is 44.3. The predicted molar refractivity (Wildman–Crippen MR) is 137 cm³/mol. The maximum atomic E-state index is 14.3. The number of alkyl halides is 2. The molecule has 0 aromatic carbocycles. The normalized spacial score (nSPS) is 12.5. The van der Waals surface area contributed by atoms with Gasteiger partial charge in [-0.2, -0.15) is 0 Å². The van der Waals surface area contributed by atoms with Gasteiger partial charge >= 0.3 is 0 Å². The summed E-state index contributed by atoms with van der Waals surface area (Å²) in [5.74, 6) is -1.92. The Morgan fingerprint density at radius 2 is 1.90 bits per heavy atom. The van der Waals surface area contributed by atoms with E-state index in [0.29, 0.717) is 44.3 Å². The van der Waals surface area contributed by atoms with E-state index in [0.717, 1.165) is 17.5 Å². The number of aryl methyl sites for hydroxylation is 1. The number of nitrogens with one attached hydrogen (secondary N) is 1. The number of hydrogen-bond donors (Lipinski definition) is 1. The van der Waals surface area contributed by atoms with Gasteiger partial charge in [0, 0.05) is 34.8 Å². The number of halogens is 4. The molecule has 0 saturated carbocycles. The molecule has 0 radical (unpaired) electrons. The second kappa shape index (κ2) is 10.6. The van der Waals surface area contributed by atoms with Gasteiger partial charge in [-0.3, -0.25) is 19.9 Å². The first-order chi connectivity index (χ1) is 18.6. The molecule has 4 aromatic rings. The van der Waals surface area contributed by atoms with Crippen molar-refractivity contribution in [2.45, 2.75) is 26.4 Å². The second-order valence-electron chi connectivity index (χ2n) is 8.48. The molecule has 0 saturated heterocycles. The summed E-state index contributed by atoms with van der Waals surface area (Å²) in [5, 5.41) is 3.29. The molecular formula is C25H18ClF3N6O3S. The second-order valence-corrected chi connectivity index (χ2v) is 9.95. The number of hydrogen-bond acceptors (Lipinski definition) is 8. The van der Waals surface area contributed by atoms with Gasteiger partial charge in [-0.05, 0) is 25.1 Å². The van der Waals surface area contributed by atoms with E-state index >= 15 is 0 Å². The Labute approximate surface area is 228 Å². The number of anilines is 1. The van der Waals surface area contributed by atoms with Crippen LogP contribution in [0.1, 0.15) is 49.1 Å². The molecule has 0 bridgehead atoms. The van der Waals surface area contributed by atoms with E-state index in [9.17, 15) is 22.8 Å². The van der Waals surface area contributed by atoms with Crippen molar-refractivity contribution < 1.29 is 27.5 Å². The van der Waals surface area contributed by atoms with Crippen molar-refractivity contribution in [3.63, 3.8) is 0 Å².